The largest absolute Gasteiger partial charge is 0.480 e. The Labute approximate surface area is 92.1 Å². The number of aliphatic carboxylic acids is 1. The van der Waals surface area contributed by atoms with Crippen LogP contribution in [0, 0.1) is 5.92 Å². The van der Waals surface area contributed by atoms with E-state index in [9.17, 15) is 4.79 Å². The molecule has 0 amide bonds. The Kier molecular flexibility index (Phi) is 6.71. The lowest BCUT2D eigenvalue weighted by atomic mass is 10.0. The highest BCUT2D eigenvalue weighted by Crippen LogP contribution is 2.12. The summed E-state index contributed by atoms with van der Waals surface area (Å²) in [6.07, 6.45) is 4.09. The van der Waals surface area contributed by atoms with E-state index < -0.39 is 12.0 Å². The first-order valence-electron chi connectivity index (χ1n) is 5.21. The van der Waals surface area contributed by atoms with Crippen LogP contribution in [0.5, 0.6) is 0 Å². The summed E-state index contributed by atoms with van der Waals surface area (Å²) >= 11 is 0. The summed E-state index contributed by atoms with van der Waals surface area (Å²) in [5.41, 5.74) is 0. The monoisotopic (exact) mass is 211 g/mol. The lowest BCUT2D eigenvalue weighted by Crippen LogP contribution is -2.42. The third-order valence-electron chi connectivity index (χ3n) is 2.15. The first kappa shape index (κ1) is 13.9. The van der Waals surface area contributed by atoms with Gasteiger partial charge >= 0.3 is 5.97 Å². The number of carbonyl (C=O) groups is 1. The molecule has 0 saturated heterocycles. The molecule has 0 radical (unpaired) electrons. The number of hydrogen-bond acceptors (Lipinski definition) is 2. The molecule has 1 unspecified atom stereocenters. The van der Waals surface area contributed by atoms with Crippen LogP contribution in [-0.2, 0) is 4.79 Å². The van der Waals surface area contributed by atoms with Gasteiger partial charge in [0.15, 0.2) is 0 Å². The average molecular weight is 211 g/mol. The predicted octanol–water partition coefficient (Wildman–Crippen LogP) is 2.16. The van der Waals surface area contributed by atoms with Crippen LogP contribution < -0.4 is 0 Å². The van der Waals surface area contributed by atoms with Crippen molar-refractivity contribution in [3.8, 4) is 0 Å². The molecule has 3 nitrogen and oxygen atoms in total. The summed E-state index contributed by atoms with van der Waals surface area (Å²) in [5.74, 6) is -0.407. The van der Waals surface area contributed by atoms with Crippen molar-refractivity contribution in [2.24, 2.45) is 5.92 Å². The van der Waals surface area contributed by atoms with Crippen LogP contribution >= 0.6 is 0 Å². The minimum atomic E-state index is -0.771. The zero-order valence-corrected chi connectivity index (χ0v) is 9.65. The molecule has 0 aliphatic carbocycles. The number of carboxylic acids is 1. The van der Waals surface area contributed by atoms with Gasteiger partial charge < -0.3 is 5.11 Å². The number of carboxylic acid groups (broad SMARTS) is 1. The molecule has 0 spiro atoms. The lowest BCUT2D eigenvalue weighted by molar-refractivity contribution is -0.143. The van der Waals surface area contributed by atoms with E-state index in [2.05, 4.69) is 13.2 Å². The van der Waals surface area contributed by atoms with Gasteiger partial charge in [-0.3, -0.25) is 9.69 Å². The van der Waals surface area contributed by atoms with Crippen molar-refractivity contribution in [3.63, 3.8) is 0 Å². The van der Waals surface area contributed by atoms with Crippen LogP contribution in [-0.4, -0.2) is 35.1 Å². The van der Waals surface area contributed by atoms with Crippen LogP contribution in [0.2, 0.25) is 0 Å². The molecule has 0 saturated carbocycles. The van der Waals surface area contributed by atoms with Gasteiger partial charge in [-0.15, -0.1) is 13.2 Å². The molecular weight excluding hydrogens is 190 g/mol. The molecule has 0 bridgehead atoms. The second-order valence-corrected chi connectivity index (χ2v) is 4.01. The molecule has 0 aliphatic heterocycles. The first-order valence-corrected chi connectivity index (χ1v) is 5.21. The quantitative estimate of drug-likeness (QED) is 0.625. The van der Waals surface area contributed by atoms with Gasteiger partial charge in [-0.05, 0) is 12.3 Å². The van der Waals surface area contributed by atoms with E-state index in [1.807, 2.05) is 18.7 Å². The molecule has 0 heterocycles. The van der Waals surface area contributed by atoms with Crippen LogP contribution in [0.4, 0.5) is 0 Å². The van der Waals surface area contributed by atoms with E-state index in [-0.39, 0.29) is 0 Å². The highest BCUT2D eigenvalue weighted by atomic mass is 16.4. The molecular formula is C12H21NO2. The SMILES string of the molecule is C=CCN(CC=C)C(CC(C)C)C(=O)O. The van der Waals surface area contributed by atoms with E-state index in [0.717, 1.165) is 0 Å². The zero-order valence-electron chi connectivity index (χ0n) is 9.65. The Morgan fingerprint density at radius 1 is 1.33 bits per heavy atom. The number of rotatable bonds is 8. The van der Waals surface area contributed by atoms with Gasteiger partial charge in [0, 0.05) is 13.1 Å². The van der Waals surface area contributed by atoms with Crippen molar-refractivity contribution in [2.75, 3.05) is 13.1 Å². The molecule has 0 fully saturated rings. The molecule has 0 aromatic rings. The van der Waals surface area contributed by atoms with Crippen LogP contribution in [0.3, 0.4) is 0 Å². The average Bonchev–Trinajstić information content (AvgIpc) is 2.13. The van der Waals surface area contributed by atoms with E-state index >= 15 is 0 Å². The Hall–Kier alpha value is -1.09. The van der Waals surface area contributed by atoms with Gasteiger partial charge in [-0.2, -0.15) is 0 Å². The van der Waals surface area contributed by atoms with Crippen molar-refractivity contribution in [2.45, 2.75) is 26.3 Å². The normalized spacial score (nSPS) is 12.8. The molecule has 86 valence electrons. The van der Waals surface area contributed by atoms with Crippen molar-refractivity contribution in [3.05, 3.63) is 25.3 Å². The summed E-state index contributed by atoms with van der Waals surface area (Å²) in [7, 11) is 0. The number of hydrogen-bond donors (Lipinski definition) is 1. The second kappa shape index (κ2) is 7.23. The predicted molar refractivity (Wildman–Crippen MR) is 62.8 cm³/mol. The van der Waals surface area contributed by atoms with E-state index in [4.69, 9.17) is 5.11 Å². The third kappa shape index (κ3) is 5.37. The number of nitrogens with zero attached hydrogens (tertiary/aromatic N) is 1. The first-order chi connectivity index (χ1) is 7.02. The van der Waals surface area contributed by atoms with Crippen LogP contribution in [0.25, 0.3) is 0 Å². The molecule has 0 rings (SSSR count). The summed E-state index contributed by atoms with van der Waals surface area (Å²) < 4.78 is 0. The van der Waals surface area contributed by atoms with Gasteiger partial charge in [0.25, 0.3) is 0 Å². The fourth-order valence-electron chi connectivity index (χ4n) is 1.51. The maximum absolute atomic E-state index is 11.1. The smallest absolute Gasteiger partial charge is 0.320 e. The van der Waals surface area contributed by atoms with Gasteiger partial charge in [0.05, 0.1) is 0 Å². The van der Waals surface area contributed by atoms with Gasteiger partial charge in [0.2, 0.25) is 0 Å². The topological polar surface area (TPSA) is 40.5 Å². The van der Waals surface area contributed by atoms with Gasteiger partial charge in [-0.25, -0.2) is 0 Å². The van der Waals surface area contributed by atoms with Crippen LogP contribution in [0.15, 0.2) is 25.3 Å². The van der Waals surface area contributed by atoms with Crippen molar-refractivity contribution in [1.82, 2.24) is 4.90 Å². The Morgan fingerprint density at radius 2 is 1.80 bits per heavy atom. The Balaban J connectivity index is 4.57. The molecule has 1 N–H and O–H groups in total. The fraction of sp³-hybridized carbons (Fsp3) is 0.583. The minimum absolute atomic E-state index is 0.364. The summed E-state index contributed by atoms with van der Waals surface area (Å²) in [6.45, 7) is 12.5. The summed E-state index contributed by atoms with van der Waals surface area (Å²) in [5, 5.41) is 9.14. The third-order valence-corrected chi connectivity index (χ3v) is 2.15. The van der Waals surface area contributed by atoms with E-state index in [0.29, 0.717) is 25.4 Å². The maximum atomic E-state index is 11.1. The van der Waals surface area contributed by atoms with E-state index in [1.165, 1.54) is 0 Å². The Morgan fingerprint density at radius 3 is 2.07 bits per heavy atom. The van der Waals surface area contributed by atoms with Crippen molar-refractivity contribution < 1.29 is 9.90 Å². The van der Waals surface area contributed by atoms with Crippen LogP contribution in [0.1, 0.15) is 20.3 Å². The van der Waals surface area contributed by atoms with Gasteiger partial charge in [-0.1, -0.05) is 26.0 Å². The highest BCUT2D eigenvalue weighted by Gasteiger charge is 2.24. The van der Waals surface area contributed by atoms with Crippen molar-refractivity contribution in [1.29, 1.82) is 0 Å². The molecule has 1 atom stereocenters. The summed E-state index contributed by atoms with van der Waals surface area (Å²) in [4.78, 5) is 13.0. The molecule has 0 aromatic carbocycles. The lowest BCUT2D eigenvalue weighted by Gasteiger charge is -2.27. The van der Waals surface area contributed by atoms with E-state index in [1.54, 1.807) is 12.2 Å². The second-order valence-electron chi connectivity index (χ2n) is 4.01. The molecule has 3 heteroatoms. The molecule has 15 heavy (non-hydrogen) atoms. The highest BCUT2D eigenvalue weighted by molar-refractivity contribution is 5.73. The minimum Gasteiger partial charge on any atom is -0.480 e. The van der Waals surface area contributed by atoms with Crippen molar-refractivity contribution >= 4 is 5.97 Å². The molecule has 0 aromatic heterocycles. The summed E-state index contributed by atoms with van der Waals surface area (Å²) in [6, 6.07) is -0.444. The van der Waals surface area contributed by atoms with Gasteiger partial charge in [0.1, 0.15) is 6.04 Å². The fourth-order valence-corrected chi connectivity index (χ4v) is 1.51. The standard InChI is InChI=1S/C12H21NO2/c1-5-7-13(8-6-2)11(12(14)15)9-10(3)4/h5-6,10-11H,1-2,7-9H2,3-4H3,(H,14,15). The molecule has 0 aliphatic rings. The maximum Gasteiger partial charge on any atom is 0.320 e. The Bertz CT molecular complexity index is 214. The zero-order chi connectivity index (χ0) is 11.8.